The Morgan fingerprint density at radius 2 is 2.06 bits per heavy atom. The number of hydrogen-bond donors (Lipinski definition) is 2. The Morgan fingerprint density at radius 1 is 1.34 bits per heavy atom. The van der Waals surface area contributed by atoms with Crippen LogP contribution in [-0.4, -0.2) is 54.9 Å². The van der Waals surface area contributed by atoms with Crippen LogP contribution in [0.1, 0.15) is 31.2 Å². The van der Waals surface area contributed by atoms with Gasteiger partial charge in [0, 0.05) is 38.4 Å². The molecule has 0 bridgehead atoms. The van der Waals surface area contributed by atoms with Crippen LogP contribution in [0.3, 0.4) is 0 Å². The van der Waals surface area contributed by atoms with Crippen molar-refractivity contribution in [2.45, 2.75) is 44.1 Å². The Hall–Kier alpha value is -2.84. The standard InChI is InChI=1S/C21H25F3N4O4/c1-26-16-5-4-14(17(11-16)32-21(22,23)24)12-27-18(29)15-3-2-8-28(13-15)19(30)20(25)6-9-31-10-7-20/h4-5,11,15H,2-3,6-10,12-13,25H2,(H,27,29)/t15-/m1/s1. The fourth-order valence-corrected chi connectivity index (χ4v) is 3.95. The summed E-state index contributed by atoms with van der Waals surface area (Å²) in [6, 6.07) is 3.65. The number of benzene rings is 1. The van der Waals surface area contributed by atoms with Crippen LogP contribution < -0.4 is 15.8 Å². The van der Waals surface area contributed by atoms with Crippen molar-refractivity contribution in [1.29, 1.82) is 0 Å². The number of amides is 2. The molecule has 0 radical (unpaired) electrons. The van der Waals surface area contributed by atoms with Crippen LogP contribution in [0.4, 0.5) is 18.9 Å². The van der Waals surface area contributed by atoms with Crippen molar-refractivity contribution >= 4 is 17.5 Å². The number of piperidine rings is 1. The number of rotatable bonds is 5. The molecule has 0 spiro atoms. The number of halogens is 3. The lowest BCUT2D eigenvalue weighted by atomic mass is 9.87. The number of nitrogens with one attached hydrogen (secondary N) is 1. The maximum Gasteiger partial charge on any atom is 0.573 e. The predicted molar refractivity (Wildman–Crippen MR) is 108 cm³/mol. The van der Waals surface area contributed by atoms with E-state index in [0.29, 0.717) is 45.4 Å². The van der Waals surface area contributed by atoms with Crippen LogP contribution in [0, 0.1) is 12.5 Å². The summed E-state index contributed by atoms with van der Waals surface area (Å²) >= 11 is 0. The Labute approximate surface area is 183 Å². The van der Waals surface area contributed by atoms with E-state index in [1.165, 1.54) is 12.1 Å². The number of alkyl halides is 3. The molecule has 1 aromatic carbocycles. The topological polar surface area (TPSA) is 98.3 Å². The average molecular weight is 454 g/mol. The average Bonchev–Trinajstić information content (AvgIpc) is 2.77. The van der Waals surface area contributed by atoms with Crippen molar-refractivity contribution in [2.75, 3.05) is 26.3 Å². The second-order valence-electron chi connectivity index (χ2n) is 8.03. The largest absolute Gasteiger partial charge is 0.573 e. The smallest absolute Gasteiger partial charge is 0.407 e. The third-order valence-corrected chi connectivity index (χ3v) is 5.75. The Bertz CT molecular complexity index is 894. The molecule has 0 aromatic heterocycles. The third kappa shape index (κ3) is 5.89. The lowest BCUT2D eigenvalue weighted by Crippen LogP contribution is -2.60. The van der Waals surface area contributed by atoms with E-state index in [2.05, 4.69) is 14.9 Å². The van der Waals surface area contributed by atoms with Gasteiger partial charge in [-0.15, -0.1) is 13.2 Å². The molecule has 2 aliphatic rings. The second kappa shape index (κ2) is 9.75. The SMILES string of the molecule is [C-]#[N+]c1ccc(CNC(=O)[C@@H]2CCCN(C(=O)C3(N)CCOCC3)C2)c(OC(F)(F)F)c1. The van der Waals surface area contributed by atoms with Crippen LogP contribution in [-0.2, 0) is 20.9 Å². The number of likely N-dealkylation sites (tertiary alicyclic amines) is 1. The minimum atomic E-state index is -4.92. The van der Waals surface area contributed by atoms with E-state index < -0.39 is 23.6 Å². The number of carbonyl (C=O) groups excluding carboxylic acids is 2. The zero-order valence-electron chi connectivity index (χ0n) is 17.4. The summed E-state index contributed by atoms with van der Waals surface area (Å²) in [5, 5.41) is 2.63. The molecular formula is C21H25F3N4O4. The molecule has 0 aliphatic carbocycles. The Morgan fingerprint density at radius 3 is 2.72 bits per heavy atom. The highest BCUT2D eigenvalue weighted by molar-refractivity contribution is 5.87. The van der Waals surface area contributed by atoms with Gasteiger partial charge in [-0.25, -0.2) is 4.85 Å². The van der Waals surface area contributed by atoms with Crippen LogP contribution in [0.5, 0.6) is 5.75 Å². The summed E-state index contributed by atoms with van der Waals surface area (Å²) in [7, 11) is 0. The van der Waals surface area contributed by atoms with Gasteiger partial charge in [-0.3, -0.25) is 9.59 Å². The van der Waals surface area contributed by atoms with Gasteiger partial charge in [0.25, 0.3) is 0 Å². The highest BCUT2D eigenvalue weighted by Gasteiger charge is 2.41. The normalized spacial score (nSPS) is 20.8. The molecular weight excluding hydrogens is 429 g/mol. The molecule has 2 amide bonds. The Balaban J connectivity index is 1.62. The number of hydrogen-bond acceptors (Lipinski definition) is 5. The zero-order chi connectivity index (χ0) is 23.4. The summed E-state index contributed by atoms with van der Waals surface area (Å²) in [4.78, 5) is 30.3. The first-order valence-corrected chi connectivity index (χ1v) is 10.3. The molecule has 0 saturated carbocycles. The summed E-state index contributed by atoms with van der Waals surface area (Å²) in [6.45, 7) is 8.28. The molecule has 0 unspecified atom stereocenters. The molecule has 1 atom stereocenters. The van der Waals surface area contributed by atoms with Crippen LogP contribution in [0.2, 0.25) is 0 Å². The number of nitrogens with two attached hydrogens (primary N) is 1. The van der Waals surface area contributed by atoms with Crippen LogP contribution in [0.15, 0.2) is 18.2 Å². The highest BCUT2D eigenvalue weighted by atomic mass is 19.4. The van der Waals surface area contributed by atoms with Gasteiger partial charge in [0.05, 0.1) is 18.0 Å². The van der Waals surface area contributed by atoms with Crippen molar-refractivity contribution in [3.8, 4) is 5.75 Å². The van der Waals surface area contributed by atoms with Gasteiger partial charge in [-0.05, 0) is 31.7 Å². The number of nitrogens with zero attached hydrogens (tertiary/aromatic N) is 2. The molecule has 174 valence electrons. The number of ether oxygens (including phenoxy) is 2. The summed E-state index contributed by atoms with van der Waals surface area (Å²) in [5.74, 6) is -1.59. The fourth-order valence-electron chi connectivity index (χ4n) is 3.95. The van der Waals surface area contributed by atoms with Gasteiger partial charge in [0.15, 0.2) is 5.69 Å². The van der Waals surface area contributed by atoms with E-state index in [-0.39, 0.29) is 36.2 Å². The first-order chi connectivity index (χ1) is 15.1. The van der Waals surface area contributed by atoms with Gasteiger partial charge >= 0.3 is 6.36 Å². The van der Waals surface area contributed by atoms with E-state index in [0.717, 1.165) is 6.07 Å². The van der Waals surface area contributed by atoms with Gasteiger partial charge in [0.2, 0.25) is 11.8 Å². The third-order valence-electron chi connectivity index (χ3n) is 5.75. The molecule has 2 saturated heterocycles. The maximum absolute atomic E-state index is 12.9. The van der Waals surface area contributed by atoms with Crippen molar-refractivity contribution in [2.24, 2.45) is 11.7 Å². The molecule has 3 rings (SSSR count). The summed E-state index contributed by atoms with van der Waals surface area (Å²) < 4.78 is 47.4. The zero-order valence-corrected chi connectivity index (χ0v) is 17.4. The monoisotopic (exact) mass is 454 g/mol. The quantitative estimate of drug-likeness (QED) is 0.667. The minimum Gasteiger partial charge on any atom is -0.407 e. The Kier molecular flexibility index (Phi) is 7.26. The summed E-state index contributed by atoms with van der Waals surface area (Å²) in [6.07, 6.45) is -2.91. The fraction of sp³-hybridized carbons (Fsp3) is 0.571. The van der Waals surface area contributed by atoms with Gasteiger partial charge in [-0.2, -0.15) is 0 Å². The van der Waals surface area contributed by atoms with E-state index in [1.54, 1.807) is 4.90 Å². The van der Waals surface area contributed by atoms with Crippen molar-refractivity contribution in [1.82, 2.24) is 10.2 Å². The van der Waals surface area contributed by atoms with E-state index in [1.807, 2.05) is 0 Å². The lowest BCUT2D eigenvalue weighted by molar-refractivity contribution is -0.274. The highest BCUT2D eigenvalue weighted by Crippen LogP contribution is 2.31. The molecule has 8 nitrogen and oxygen atoms in total. The molecule has 3 N–H and O–H groups in total. The molecule has 2 heterocycles. The summed E-state index contributed by atoms with van der Waals surface area (Å²) in [5.41, 5.74) is 5.37. The predicted octanol–water partition coefficient (Wildman–Crippen LogP) is 2.50. The van der Waals surface area contributed by atoms with Crippen LogP contribution >= 0.6 is 0 Å². The van der Waals surface area contributed by atoms with E-state index in [9.17, 15) is 22.8 Å². The minimum absolute atomic E-state index is 0.00964. The molecule has 2 fully saturated rings. The van der Waals surface area contributed by atoms with E-state index in [4.69, 9.17) is 17.0 Å². The molecule has 11 heteroatoms. The molecule has 32 heavy (non-hydrogen) atoms. The molecule has 2 aliphatic heterocycles. The van der Waals surface area contributed by atoms with Gasteiger partial charge < -0.3 is 25.4 Å². The molecule has 1 aromatic rings. The first kappa shape index (κ1) is 23.8. The van der Waals surface area contributed by atoms with Gasteiger partial charge in [0.1, 0.15) is 5.75 Å². The second-order valence-corrected chi connectivity index (χ2v) is 8.03. The van der Waals surface area contributed by atoms with Crippen molar-refractivity contribution in [3.63, 3.8) is 0 Å². The number of carbonyl (C=O) groups is 2. The lowest BCUT2D eigenvalue weighted by Gasteiger charge is -2.40. The first-order valence-electron chi connectivity index (χ1n) is 10.3. The van der Waals surface area contributed by atoms with E-state index >= 15 is 0 Å². The maximum atomic E-state index is 12.9. The van der Waals surface area contributed by atoms with Gasteiger partial charge in [-0.1, -0.05) is 12.1 Å². The van der Waals surface area contributed by atoms with Crippen molar-refractivity contribution < 1.29 is 32.2 Å². The van der Waals surface area contributed by atoms with Crippen molar-refractivity contribution in [3.05, 3.63) is 35.2 Å². The van der Waals surface area contributed by atoms with Crippen LogP contribution in [0.25, 0.3) is 4.85 Å².